The van der Waals surface area contributed by atoms with Crippen LogP contribution in [-0.4, -0.2) is 48.2 Å². The Kier molecular flexibility index (Phi) is 5.01. The molecule has 116 valence electrons. The van der Waals surface area contributed by atoms with Gasteiger partial charge in [-0.05, 0) is 40.0 Å². The molecule has 2 unspecified atom stereocenters. The number of carbonyl (C=O) groups is 2. The molecule has 1 aliphatic rings. The number of ether oxygens (including phenoxy) is 1. The van der Waals surface area contributed by atoms with E-state index in [9.17, 15) is 18.0 Å². The van der Waals surface area contributed by atoms with Crippen molar-refractivity contribution >= 4 is 21.9 Å². The summed E-state index contributed by atoms with van der Waals surface area (Å²) in [4.78, 5) is 22.7. The van der Waals surface area contributed by atoms with E-state index in [1.807, 2.05) is 0 Å². The van der Waals surface area contributed by atoms with Crippen molar-refractivity contribution in [3.8, 4) is 0 Å². The quantitative estimate of drug-likeness (QED) is 0.799. The molecule has 0 saturated carbocycles. The van der Waals surface area contributed by atoms with Crippen molar-refractivity contribution in [2.75, 3.05) is 5.75 Å². The molecule has 1 heterocycles. The molecule has 0 bridgehead atoms. The number of sulfone groups is 1. The van der Waals surface area contributed by atoms with E-state index in [4.69, 9.17) is 9.84 Å². The van der Waals surface area contributed by atoms with Gasteiger partial charge in [-0.1, -0.05) is 0 Å². The SMILES string of the molecule is CC(C)(C)OC(=O)NC(CC1CCCS1(=O)=O)C(=O)O. The van der Waals surface area contributed by atoms with Crippen molar-refractivity contribution in [2.45, 2.75) is 56.9 Å². The lowest BCUT2D eigenvalue weighted by molar-refractivity contribution is -0.139. The van der Waals surface area contributed by atoms with Gasteiger partial charge < -0.3 is 15.2 Å². The molecular weight excluding hydrogens is 286 g/mol. The number of hydrogen-bond donors (Lipinski definition) is 2. The van der Waals surface area contributed by atoms with Gasteiger partial charge in [-0.15, -0.1) is 0 Å². The number of hydrogen-bond acceptors (Lipinski definition) is 5. The van der Waals surface area contributed by atoms with E-state index in [-0.39, 0.29) is 12.2 Å². The Labute approximate surface area is 118 Å². The lowest BCUT2D eigenvalue weighted by atomic mass is 10.1. The largest absolute Gasteiger partial charge is 0.480 e. The first-order valence-electron chi connectivity index (χ1n) is 6.45. The van der Waals surface area contributed by atoms with Gasteiger partial charge in [0, 0.05) is 0 Å². The van der Waals surface area contributed by atoms with E-state index in [0.29, 0.717) is 12.8 Å². The molecule has 1 saturated heterocycles. The molecular formula is C12H21NO6S. The number of alkyl carbamates (subject to hydrolysis) is 1. The number of rotatable bonds is 4. The second-order valence-electron chi connectivity index (χ2n) is 5.90. The second-order valence-corrected chi connectivity index (χ2v) is 8.30. The molecule has 1 aliphatic heterocycles. The normalized spacial score (nSPS) is 23.1. The first-order valence-corrected chi connectivity index (χ1v) is 8.17. The second kappa shape index (κ2) is 5.99. The van der Waals surface area contributed by atoms with Crippen LogP contribution < -0.4 is 5.32 Å². The van der Waals surface area contributed by atoms with Crippen LogP contribution >= 0.6 is 0 Å². The van der Waals surface area contributed by atoms with E-state index in [0.717, 1.165) is 0 Å². The van der Waals surface area contributed by atoms with Crippen molar-refractivity contribution in [3.05, 3.63) is 0 Å². The fourth-order valence-electron chi connectivity index (χ4n) is 2.06. The van der Waals surface area contributed by atoms with Crippen molar-refractivity contribution < 1.29 is 27.9 Å². The van der Waals surface area contributed by atoms with Gasteiger partial charge in [0.15, 0.2) is 9.84 Å². The van der Waals surface area contributed by atoms with Crippen LogP contribution in [0, 0.1) is 0 Å². The van der Waals surface area contributed by atoms with Crippen molar-refractivity contribution in [3.63, 3.8) is 0 Å². The molecule has 0 aliphatic carbocycles. The van der Waals surface area contributed by atoms with E-state index in [1.165, 1.54) is 0 Å². The van der Waals surface area contributed by atoms with Crippen LogP contribution in [-0.2, 0) is 19.4 Å². The lowest BCUT2D eigenvalue weighted by Gasteiger charge is -2.23. The Balaban J connectivity index is 2.66. The number of amides is 1. The highest BCUT2D eigenvalue weighted by Gasteiger charge is 2.36. The number of carboxylic acids is 1. The van der Waals surface area contributed by atoms with Gasteiger partial charge in [-0.2, -0.15) is 0 Å². The minimum atomic E-state index is -3.24. The average molecular weight is 307 g/mol. The van der Waals surface area contributed by atoms with Crippen LogP contribution in [0.1, 0.15) is 40.0 Å². The Bertz CT molecular complexity index is 479. The molecule has 0 aromatic carbocycles. The Morgan fingerprint density at radius 1 is 1.40 bits per heavy atom. The van der Waals surface area contributed by atoms with Crippen LogP contribution in [0.5, 0.6) is 0 Å². The molecule has 2 N–H and O–H groups in total. The highest BCUT2D eigenvalue weighted by atomic mass is 32.2. The highest BCUT2D eigenvalue weighted by Crippen LogP contribution is 2.24. The van der Waals surface area contributed by atoms with E-state index < -0.39 is 38.8 Å². The Hall–Kier alpha value is -1.31. The summed E-state index contributed by atoms with van der Waals surface area (Å²) in [5.74, 6) is -1.19. The summed E-state index contributed by atoms with van der Waals surface area (Å²) in [5.41, 5.74) is -0.743. The van der Waals surface area contributed by atoms with Crippen molar-refractivity contribution in [1.82, 2.24) is 5.32 Å². The molecule has 1 fully saturated rings. The maximum Gasteiger partial charge on any atom is 0.408 e. The molecule has 8 heteroatoms. The van der Waals surface area contributed by atoms with Crippen LogP contribution in [0.3, 0.4) is 0 Å². The zero-order chi connectivity index (χ0) is 15.6. The standard InChI is InChI=1S/C12H21NO6S/c1-12(2,3)19-11(16)13-9(10(14)15)7-8-5-4-6-20(8,17)18/h8-9H,4-7H2,1-3H3,(H,13,16)(H,14,15). The predicted octanol–water partition coefficient (Wildman–Crippen LogP) is 0.932. The molecule has 0 spiro atoms. The third-order valence-corrected chi connectivity index (χ3v) is 5.25. The number of nitrogens with one attached hydrogen (secondary N) is 1. The van der Waals surface area contributed by atoms with Gasteiger partial charge in [0.05, 0.1) is 11.0 Å². The monoisotopic (exact) mass is 307 g/mol. The summed E-state index contributed by atoms with van der Waals surface area (Å²) < 4.78 is 28.4. The summed E-state index contributed by atoms with van der Waals surface area (Å²) in [5, 5.41) is 10.6. The summed E-state index contributed by atoms with van der Waals surface area (Å²) in [7, 11) is -3.24. The first-order chi connectivity index (χ1) is 9.01. The molecule has 0 aromatic rings. The third kappa shape index (κ3) is 4.99. The van der Waals surface area contributed by atoms with Gasteiger partial charge in [-0.25, -0.2) is 18.0 Å². The van der Waals surface area contributed by atoms with Crippen LogP contribution in [0.15, 0.2) is 0 Å². The maximum absolute atomic E-state index is 11.7. The van der Waals surface area contributed by atoms with Crippen molar-refractivity contribution in [2.24, 2.45) is 0 Å². The average Bonchev–Trinajstić information content (AvgIpc) is 2.54. The van der Waals surface area contributed by atoms with Crippen molar-refractivity contribution in [1.29, 1.82) is 0 Å². The van der Waals surface area contributed by atoms with Gasteiger partial charge in [-0.3, -0.25) is 0 Å². The number of carbonyl (C=O) groups excluding carboxylic acids is 1. The Morgan fingerprint density at radius 3 is 2.40 bits per heavy atom. The van der Waals surface area contributed by atoms with Gasteiger partial charge in [0.2, 0.25) is 0 Å². The third-order valence-electron chi connectivity index (χ3n) is 2.95. The van der Waals surface area contributed by atoms with E-state index in [2.05, 4.69) is 5.32 Å². The molecule has 7 nitrogen and oxygen atoms in total. The minimum absolute atomic E-state index is 0.0798. The fourth-order valence-corrected chi connectivity index (χ4v) is 3.97. The first kappa shape index (κ1) is 16.7. The summed E-state index contributed by atoms with van der Waals surface area (Å²) in [6.45, 7) is 4.97. The van der Waals surface area contributed by atoms with Gasteiger partial charge in [0.1, 0.15) is 11.6 Å². The van der Waals surface area contributed by atoms with E-state index in [1.54, 1.807) is 20.8 Å². The topological polar surface area (TPSA) is 110 Å². The maximum atomic E-state index is 11.7. The summed E-state index contributed by atoms with van der Waals surface area (Å²) in [6.07, 6.45) is -0.0227. The minimum Gasteiger partial charge on any atom is -0.480 e. The molecule has 2 atom stereocenters. The molecule has 1 rings (SSSR count). The summed E-state index contributed by atoms with van der Waals surface area (Å²) in [6, 6.07) is -1.26. The predicted molar refractivity (Wildman–Crippen MR) is 72.2 cm³/mol. The van der Waals surface area contributed by atoms with Crippen LogP contribution in [0.25, 0.3) is 0 Å². The molecule has 0 aromatic heterocycles. The molecule has 0 radical (unpaired) electrons. The zero-order valence-electron chi connectivity index (χ0n) is 11.9. The van der Waals surface area contributed by atoms with E-state index >= 15 is 0 Å². The number of aliphatic carboxylic acids is 1. The Morgan fingerprint density at radius 2 is 2.00 bits per heavy atom. The zero-order valence-corrected chi connectivity index (χ0v) is 12.7. The van der Waals surface area contributed by atoms with Gasteiger partial charge in [0.25, 0.3) is 0 Å². The molecule has 20 heavy (non-hydrogen) atoms. The van der Waals surface area contributed by atoms with Crippen LogP contribution in [0.4, 0.5) is 4.79 Å². The highest BCUT2D eigenvalue weighted by molar-refractivity contribution is 7.92. The van der Waals surface area contributed by atoms with Crippen LogP contribution in [0.2, 0.25) is 0 Å². The van der Waals surface area contributed by atoms with Gasteiger partial charge >= 0.3 is 12.1 Å². The summed E-state index contributed by atoms with van der Waals surface area (Å²) >= 11 is 0. The lowest BCUT2D eigenvalue weighted by Crippen LogP contribution is -2.45. The fraction of sp³-hybridized carbons (Fsp3) is 0.833. The molecule has 1 amide bonds. The smallest absolute Gasteiger partial charge is 0.408 e. The number of carboxylic acid groups (broad SMARTS) is 1.